The highest BCUT2D eigenvalue weighted by Crippen LogP contribution is 2.20. The van der Waals surface area contributed by atoms with Crippen LogP contribution in [0.25, 0.3) is 11.1 Å². The number of oxime groups is 1. The molecule has 23 heavy (non-hydrogen) atoms. The molecule has 0 aromatic heterocycles. The third kappa shape index (κ3) is 2.77. The topological polar surface area (TPSA) is 35.7 Å². The van der Waals surface area contributed by atoms with Gasteiger partial charge in [0.25, 0.3) is 0 Å². The van der Waals surface area contributed by atoms with Crippen molar-refractivity contribution in [1.29, 1.82) is 0 Å². The van der Waals surface area contributed by atoms with Crippen molar-refractivity contribution >= 4 is 11.7 Å². The molecule has 0 amide bonds. The first kappa shape index (κ1) is 13.5. The van der Waals surface area contributed by atoms with Crippen molar-refractivity contribution in [3.63, 3.8) is 0 Å². The van der Waals surface area contributed by atoms with E-state index in [2.05, 4.69) is 34.4 Å². The number of amidine groups is 1. The Balaban J connectivity index is 1.58. The Bertz CT molecular complexity index is 867. The lowest BCUT2D eigenvalue weighted by Gasteiger charge is -2.01. The zero-order valence-corrected chi connectivity index (χ0v) is 12.4. The molecule has 0 unspecified atom stereocenters. The van der Waals surface area contributed by atoms with Crippen LogP contribution in [0, 0.1) is 0 Å². The summed E-state index contributed by atoms with van der Waals surface area (Å²) in [7, 11) is 0. The minimum atomic E-state index is 0.531. The van der Waals surface area contributed by atoms with E-state index in [1.165, 1.54) is 5.56 Å². The second kappa shape index (κ2) is 5.89. The van der Waals surface area contributed by atoms with Crippen LogP contribution in [0.15, 0.2) is 89.9 Å². The Morgan fingerprint density at radius 3 is 1.74 bits per heavy atom. The van der Waals surface area contributed by atoms with E-state index in [4.69, 9.17) is 4.84 Å². The second-order valence-corrected chi connectivity index (χ2v) is 5.23. The third-order valence-corrected chi connectivity index (χ3v) is 3.70. The van der Waals surface area contributed by atoms with Gasteiger partial charge in [-0.3, -0.25) is 0 Å². The van der Waals surface area contributed by atoms with Crippen molar-refractivity contribution in [3.05, 3.63) is 96.1 Å². The van der Waals surface area contributed by atoms with Crippen LogP contribution in [-0.4, -0.2) is 11.7 Å². The smallest absolute Gasteiger partial charge is 0.208 e. The Kier molecular flexibility index (Phi) is 3.45. The average molecular weight is 298 g/mol. The van der Waals surface area contributed by atoms with Crippen molar-refractivity contribution < 1.29 is 4.84 Å². The molecule has 1 aliphatic heterocycles. The number of rotatable bonds is 3. The summed E-state index contributed by atoms with van der Waals surface area (Å²) in [6.45, 7) is 0. The Hall–Kier alpha value is -3.20. The van der Waals surface area contributed by atoms with Crippen molar-refractivity contribution in [2.24, 2.45) is 4.99 Å². The van der Waals surface area contributed by atoms with Crippen LogP contribution in [-0.2, 0) is 4.84 Å². The maximum Gasteiger partial charge on any atom is 0.421 e. The molecule has 0 aliphatic carbocycles. The van der Waals surface area contributed by atoms with Gasteiger partial charge in [0, 0.05) is 4.99 Å². The summed E-state index contributed by atoms with van der Waals surface area (Å²) in [6, 6.07) is 28.2. The van der Waals surface area contributed by atoms with Crippen molar-refractivity contribution in [3.8, 4) is 11.1 Å². The third-order valence-electron chi connectivity index (χ3n) is 3.70. The highest BCUT2D eigenvalue weighted by molar-refractivity contribution is 6.11. The zero-order valence-electron chi connectivity index (χ0n) is 12.4. The van der Waals surface area contributed by atoms with Gasteiger partial charge in [-0.15, -0.1) is 0 Å². The van der Waals surface area contributed by atoms with E-state index in [0.717, 1.165) is 16.7 Å². The van der Waals surface area contributed by atoms with E-state index in [1.54, 1.807) is 0 Å². The zero-order chi connectivity index (χ0) is 15.5. The summed E-state index contributed by atoms with van der Waals surface area (Å²) in [5, 5.41) is 4.06. The van der Waals surface area contributed by atoms with Crippen LogP contribution >= 0.6 is 0 Å². The highest BCUT2D eigenvalue weighted by atomic mass is 16.6. The molecule has 0 fully saturated rings. The highest BCUT2D eigenvalue weighted by Gasteiger charge is 2.28. The number of nitrogens with zero attached hydrogens (tertiary/aromatic N) is 2. The van der Waals surface area contributed by atoms with Gasteiger partial charge in [-0.1, -0.05) is 60.7 Å². The molecule has 1 radical (unpaired) electrons. The molecule has 109 valence electrons. The number of hydrogen-bond donors (Lipinski definition) is 0. The van der Waals surface area contributed by atoms with Crippen LogP contribution < -0.4 is 5.16 Å². The van der Waals surface area contributed by atoms with Gasteiger partial charge in [-0.25, -0.2) is 4.84 Å². The first-order chi connectivity index (χ1) is 11.4. The predicted octanol–water partition coefficient (Wildman–Crippen LogP) is 3.83. The molecule has 3 nitrogen and oxygen atoms in total. The molecule has 0 N–H and O–H groups in total. The SMILES string of the molecule is c1ccc(C2=[N+]OC(c3ccc(-c4ccccc4)cc3)=N2)cc1. The maximum atomic E-state index is 5.39. The van der Waals surface area contributed by atoms with Gasteiger partial charge in [0.1, 0.15) is 0 Å². The molecule has 0 atom stereocenters. The summed E-state index contributed by atoms with van der Waals surface area (Å²) in [5.41, 5.74) is 4.22. The molecular weight excluding hydrogens is 284 g/mol. The summed E-state index contributed by atoms with van der Waals surface area (Å²) in [4.78, 5) is 9.86. The summed E-state index contributed by atoms with van der Waals surface area (Å²) >= 11 is 0. The van der Waals surface area contributed by atoms with Gasteiger partial charge in [0.15, 0.2) is 5.16 Å². The lowest BCUT2D eigenvalue weighted by atomic mass is 10.0. The molecule has 1 aliphatic rings. The Morgan fingerprint density at radius 2 is 1.09 bits per heavy atom. The maximum absolute atomic E-state index is 5.39. The molecule has 0 saturated carbocycles. The number of hydrogen-bond acceptors (Lipinski definition) is 3. The number of aliphatic imine (C=N–C) groups is 1. The lowest BCUT2D eigenvalue weighted by Crippen LogP contribution is -2.02. The van der Waals surface area contributed by atoms with Gasteiger partial charge in [-0.2, -0.15) is 0 Å². The second-order valence-electron chi connectivity index (χ2n) is 5.23. The van der Waals surface area contributed by atoms with Gasteiger partial charge >= 0.3 is 11.7 Å². The van der Waals surface area contributed by atoms with Gasteiger partial charge in [0.2, 0.25) is 0 Å². The van der Waals surface area contributed by atoms with Crippen LogP contribution in [0.5, 0.6) is 0 Å². The van der Waals surface area contributed by atoms with E-state index < -0.39 is 0 Å². The molecule has 1 heterocycles. The van der Waals surface area contributed by atoms with Gasteiger partial charge < -0.3 is 0 Å². The van der Waals surface area contributed by atoms with Crippen LogP contribution in [0.4, 0.5) is 0 Å². The van der Waals surface area contributed by atoms with Crippen molar-refractivity contribution in [1.82, 2.24) is 5.16 Å². The molecule has 3 aromatic carbocycles. The molecular formula is C20H14N2O+. The van der Waals surface area contributed by atoms with Crippen LogP contribution in [0.3, 0.4) is 0 Å². The fourth-order valence-corrected chi connectivity index (χ4v) is 2.48. The van der Waals surface area contributed by atoms with E-state index >= 15 is 0 Å². The lowest BCUT2D eigenvalue weighted by molar-refractivity contribution is 0.279. The molecule has 0 spiro atoms. The summed E-state index contributed by atoms with van der Waals surface area (Å²) in [5.74, 6) is 1.14. The standard InChI is InChI=1S/C20H14N2O/c1-3-7-15(8-4-1)16-11-13-18(14-12-16)20-21-19(22-23-20)17-9-5-2-6-10-17/h1-14H/q+1. The molecule has 3 heteroatoms. The predicted molar refractivity (Wildman–Crippen MR) is 92.2 cm³/mol. The first-order valence-corrected chi connectivity index (χ1v) is 7.45. The van der Waals surface area contributed by atoms with E-state index in [0.29, 0.717) is 11.7 Å². The summed E-state index contributed by atoms with van der Waals surface area (Å²) < 4.78 is 0. The summed E-state index contributed by atoms with van der Waals surface area (Å²) in [6.07, 6.45) is 0. The monoisotopic (exact) mass is 298 g/mol. The fourth-order valence-electron chi connectivity index (χ4n) is 2.48. The first-order valence-electron chi connectivity index (χ1n) is 7.45. The van der Waals surface area contributed by atoms with Gasteiger partial charge in [-0.05, 0) is 35.4 Å². The van der Waals surface area contributed by atoms with Crippen molar-refractivity contribution in [2.45, 2.75) is 0 Å². The van der Waals surface area contributed by atoms with E-state index in [-0.39, 0.29) is 0 Å². The van der Waals surface area contributed by atoms with Gasteiger partial charge in [0.05, 0.1) is 11.1 Å². The van der Waals surface area contributed by atoms with Crippen molar-refractivity contribution in [2.75, 3.05) is 0 Å². The number of benzene rings is 3. The normalized spacial score (nSPS) is 13.2. The molecule has 3 aromatic rings. The average Bonchev–Trinajstić information content (AvgIpc) is 3.14. The largest absolute Gasteiger partial charge is 0.421 e. The Morgan fingerprint density at radius 1 is 0.565 bits per heavy atom. The minimum absolute atomic E-state index is 0.531. The van der Waals surface area contributed by atoms with E-state index in [9.17, 15) is 0 Å². The quantitative estimate of drug-likeness (QED) is 0.724. The van der Waals surface area contributed by atoms with Crippen LogP contribution in [0.2, 0.25) is 0 Å². The molecule has 4 rings (SSSR count). The Labute approximate surface area is 134 Å². The molecule has 0 saturated heterocycles. The fraction of sp³-hybridized carbons (Fsp3) is 0. The van der Waals surface area contributed by atoms with E-state index in [1.807, 2.05) is 60.7 Å². The van der Waals surface area contributed by atoms with Crippen LogP contribution in [0.1, 0.15) is 11.1 Å². The minimum Gasteiger partial charge on any atom is -0.208 e. The molecule has 0 bridgehead atoms.